The van der Waals surface area contributed by atoms with Gasteiger partial charge in [0, 0.05) is 23.5 Å². The molecule has 2 aromatic carbocycles. The first-order valence-corrected chi connectivity index (χ1v) is 5.99. The standard InChI is InChI=1S/C12H9Cl2N3O2/c13-10-2-1-3-11(12(10)14)16-8-4-7(15)5-9(6-8)17(18)19/h1-6,16H,15H2. The third kappa shape index (κ3) is 3.07. The Kier molecular flexibility index (Phi) is 3.78. The van der Waals surface area contributed by atoms with Crippen LogP contribution in [0, 0.1) is 10.1 Å². The number of nitrogens with one attached hydrogen (secondary N) is 1. The number of anilines is 3. The number of benzene rings is 2. The van der Waals surface area contributed by atoms with Crippen LogP contribution in [0.4, 0.5) is 22.7 Å². The first kappa shape index (κ1) is 13.5. The summed E-state index contributed by atoms with van der Waals surface area (Å²) in [4.78, 5) is 10.2. The minimum absolute atomic E-state index is 0.0966. The number of nitrogen functional groups attached to an aromatic ring is 1. The minimum Gasteiger partial charge on any atom is -0.398 e. The van der Waals surface area contributed by atoms with Crippen LogP contribution >= 0.6 is 23.2 Å². The molecule has 0 bridgehead atoms. The molecule has 0 unspecified atom stereocenters. The normalized spacial score (nSPS) is 10.2. The fraction of sp³-hybridized carbons (Fsp3) is 0. The summed E-state index contributed by atoms with van der Waals surface area (Å²) in [7, 11) is 0. The Morgan fingerprint density at radius 1 is 1.21 bits per heavy atom. The van der Waals surface area contributed by atoms with Crippen molar-refractivity contribution in [2.75, 3.05) is 11.1 Å². The van der Waals surface area contributed by atoms with E-state index in [2.05, 4.69) is 5.32 Å². The molecule has 7 heteroatoms. The van der Waals surface area contributed by atoms with E-state index in [1.54, 1.807) is 24.3 Å². The Hall–Kier alpha value is -1.98. The lowest BCUT2D eigenvalue weighted by molar-refractivity contribution is -0.384. The molecule has 2 aromatic rings. The first-order chi connectivity index (χ1) is 8.97. The van der Waals surface area contributed by atoms with Gasteiger partial charge >= 0.3 is 0 Å². The summed E-state index contributed by atoms with van der Waals surface area (Å²) in [6, 6.07) is 9.31. The van der Waals surface area contributed by atoms with Crippen LogP contribution in [0.25, 0.3) is 0 Å². The van der Waals surface area contributed by atoms with E-state index in [4.69, 9.17) is 28.9 Å². The lowest BCUT2D eigenvalue weighted by Crippen LogP contribution is -1.96. The van der Waals surface area contributed by atoms with Gasteiger partial charge in [0.25, 0.3) is 5.69 Å². The number of halogens is 2. The van der Waals surface area contributed by atoms with Gasteiger partial charge < -0.3 is 11.1 Å². The predicted molar refractivity (Wildman–Crippen MR) is 77.3 cm³/mol. The third-order valence-electron chi connectivity index (χ3n) is 2.38. The monoisotopic (exact) mass is 297 g/mol. The smallest absolute Gasteiger partial charge is 0.273 e. The molecule has 0 atom stereocenters. The van der Waals surface area contributed by atoms with Crippen LogP contribution in [0.1, 0.15) is 0 Å². The van der Waals surface area contributed by atoms with Gasteiger partial charge in [0.05, 0.1) is 20.7 Å². The molecule has 0 heterocycles. The van der Waals surface area contributed by atoms with Crippen molar-refractivity contribution in [1.29, 1.82) is 0 Å². The maximum atomic E-state index is 10.8. The van der Waals surface area contributed by atoms with E-state index in [1.807, 2.05) is 0 Å². The number of hydrogen-bond acceptors (Lipinski definition) is 4. The molecule has 0 amide bonds. The zero-order chi connectivity index (χ0) is 14.0. The van der Waals surface area contributed by atoms with E-state index < -0.39 is 4.92 Å². The third-order valence-corrected chi connectivity index (χ3v) is 3.20. The average molecular weight is 298 g/mol. The molecule has 0 aliphatic heterocycles. The highest BCUT2D eigenvalue weighted by molar-refractivity contribution is 6.43. The van der Waals surface area contributed by atoms with Crippen molar-refractivity contribution in [1.82, 2.24) is 0 Å². The molecule has 0 aromatic heterocycles. The Morgan fingerprint density at radius 2 is 1.95 bits per heavy atom. The molecule has 0 spiro atoms. The minimum atomic E-state index is -0.513. The van der Waals surface area contributed by atoms with Gasteiger partial charge in [-0.3, -0.25) is 10.1 Å². The summed E-state index contributed by atoms with van der Waals surface area (Å²) in [6.45, 7) is 0. The highest BCUT2D eigenvalue weighted by atomic mass is 35.5. The van der Waals surface area contributed by atoms with Gasteiger partial charge in [0.15, 0.2) is 0 Å². The van der Waals surface area contributed by atoms with Gasteiger partial charge in [-0.05, 0) is 18.2 Å². The van der Waals surface area contributed by atoms with Crippen molar-refractivity contribution in [3.63, 3.8) is 0 Å². The Balaban J connectivity index is 2.38. The second-order valence-corrected chi connectivity index (χ2v) is 4.58. The molecule has 19 heavy (non-hydrogen) atoms. The molecule has 0 fully saturated rings. The molecule has 0 aliphatic rings. The van der Waals surface area contributed by atoms with Gasteiger partial charge in [-0.2, -0.15) is 0 Å². The predicted octanol–water partition coefficient (Wildman–Crippen LogP) is 4.23. The van der Waals surface area contributed by atoms with E-state index >= 15 is 0 Å². The maximum Gasteiger partial charge on any atom is 0.273 e. The van der Waals surface area contributed by atoms with E-state index in [-0.39, 0.29) is 11.4 Å². The van der Waals surface area contributed by atoms with E-state index in [9.17, 15) is 10.1 Å². The highest BCUT2D eigenvalue weighted by Gasteiger charge is 2.10. The summed E-state index contributed by atoms with van der Waals surface area (Å²) in [5.41, 5.74) is 6.82. The highest BCUT2D eigenvalue weighted by Crippen LogP contribution is 2.33. The van der Waals surface area contributed by atoms with Gasteiger partial charge in [0.1, 0.15) is 0 Å². The number of non-ortho nitro benzene ring substituents is 1. The average Bonchev–Trinajstić information content (AvgIpc) is 2.34. The van der Waals surface area contributed by atoms with E-state index in [0.717, 1.165) is 0 Å². The molecular formula is C12H9Cl2N3O2. The largest absolute Gasteiger partial charge is 0.398 e. The van der Waals surface area contributed by atoms with Crippen LogP contribution in [0.5, 0.6) is 0 Å². The topological polar surface area (TPSA) is 81.2 Å². The lowest BCUT2D eigenvalue weighted by atomic mass is 10.2. The fourth-order valence-corrected chi connectivity index (χ4v) is 1.92. The zero-order valence-electron chi connectivity index (χ0n) is 9.56. The Morgan fingerprint density at radius 3 is 2.63 bits per heavy atom. The number of hydrogen-bond donors (Lipinski definition) is 2. The van der Waals surface area contributed by atoms with Crippen molar-refractivity contribution in [2.45, 2.75) is 0 Å². The molecular weight excluding hydrogens is 289 g/mol. The van der Waals surface area contributed by atoms with Crippen LogP contribution in [0.2, 0.25) is 10.0 Å². The molecule has 3 N–H and O–H groups in total. The van der Waals surface area contributed by atoms with Crippen molar-refractivity contribution in [3.05, 3.63) is 56.6 Å². The molecule has 0 saturated heterocycles. The maximum absolute atomic E-state index is 10.8. The zero-order valence-corrected chi connectivity index (χ0v) is 11.1. The molecule has 2 rings (SSSR count). The fourth-order valence-electron chi connectivity index (χ4n) is 1.57. The molecule has 0 aliphatic carbocycles. The van der Waals surface area contributed by atoms with E-state index in [1.165, 1.54) is 12.1 Å². The van der Waals surface area contributed by atoms with Crippen molar-refractivity contribution in [3.8, 4) is 0 Å². The summed E-state index contributed by atoms with van der Waals surface area (Å²) in [5.74, 6) is 0. The summed E-state index contributed by atoms with van der Waals surface area (Å²) >= 11 is 11.9. The number of nitrogens with two attached hydrogens (primary N) is 1. The van der Waals surface area contributed by atoms with Crippen molar-refractivity contribution < 1.29 is 4.92 Å². The van der Waals surface area contributed by atoms with Crippen molar-refractivity contribution >= 4 is 46.0 Å². The second-order valence-electron chi connectivity index (χ2n) is 3.80. The summed E-state index contributed by atoms with van der Waals surface area (Å²) < 4.78 is 0. The summed E-state index contributed by atoms with van der Waals surface area (Å²) in [6.07, 6.45) is 0. The van der Waals surface area contributed by atoms with Gasteiger partial charge in [0.2, 0.25) is 0 Å². The van der Waals surface area contributed by atoms with Crippen LogP contribution < -0.4 is 11.1 Å². The lowest BCUT2D eigenvalue weighted by Gasteiger charge is -2.09. The van der Waals surface area contributed by atoms with Crippen molar-refractivity contribution in [2.24, 2.45) is 0 Å². The van der Waals surface area contributed by atoms with Gasteiger partial charge in [-0.1, -0.05) is 29.3 Å². The van der Waals surface area contributed by atoms with Crippen LogP contribution in [-0.4, -0.2) is 4.92 Å². The molecule has 0 radical (unpaired) electrons. The van der Waals surface area contributed by atoms with Crippen LogP contribution in [0.15, 0.2) is 36.4 Å². The van der Waals surface area contributed by atoms with Gasteiger partial charge in [-0.25, -0.2) is 0 Å². The Bertz CT molecular complexity index is 647. The number of rotatable bonds is 3. The quantitative estimate of drug-likeness (QED) is 0.505. The molecule has 0 saturated carbocycles. The number of nitro benzene ring substituents is 1. The van der Waals surface area contributed by atoms with E-state index in [0.29, 0.717) is 21.4 Å². The summed E-state index contributed by atoms with van der Waals surface area (Å²) in [5, 5.41) is 14.4. The Labute approximate surface area is 119 Å². The van der Waals surface area contributed by atoms with Crippen LogP contribution in [0.3, 0.4) is 0 Å². The second kappa shape index (κ2) is 5.34. The SMILES string of the molecule is Nc1cc(Nc2cccc(Cl)c2Cl)cc([N+](=O)[O-])c1. The number of nitrogens with zero attached hydrogens (tertiary/aromatic N) is 1. The van der Waals surface area contributed by atoms with Crippen LogP contribution in [-0.2, 0) is 0 Å². The molecule has 98 valence electrons. The first-order valence-electron chi connectivity index (χ1n) is 5.23. The molecule has 5 nitrogen and oxygen atoms in total. The number of nitro groups is 1. The van der Waals surface area contributed by atoms with Gasteiger partial charge in [-0.15, -0.1) is 0 Å².